The lowest BCUT2D eigenvalue weighted by Gasteiger charge is -2.11. The molecule has 3 nitrogen and oxygen atoms in total. The molecule has 0 aliphatic rings. The Morgan fingerprint density at radius 2 is 1.76 bits per heavy atom. The van der Waals surface area contributed by atoms with Crippen LogP contribution in [0.2, 0.25) is 0 Å². The predicted octanol–water partition coefficient (Wildman–Crippen LogP) is 3.92. The van der Waals surface area contributed by atoms with Crippen LogP contribution in [0.4, 0.5) is 0 Å². The minimum Gasteiger partial charge on any atom is -0.377 e. The topological polar surface area (TPSA) is 38.3 Å². The second kappa shape index (κ2) is 7.96. The maximum absolute atomic E-state index is 12.2. The highest BCUT2D eigenvalue weighted by molar-refractivity contribution is 9.10. The first-order chi connectivity index (χ1) is 10.2. The second-order valence-corrected chi connectivity index (χ2v) is 5.42. The van der Waals surface area contributed by atoms with Gasteiger partial charge in [-0.1, -0.05) is 36.4 Å². The Morgan fingerprint density at radius 3 is 2.48 bits per heavy atom. The van der Waals surface area contributed by atoms with Crippen LogP contribution in [0.15, 0.2) is 53.0 Å². The lowest BCUT2D eigenvalue weighted by atomic mass is 10.1. The molecule has 21 heavy (non-hydrogen) atoms. The predicted molar refractivity (Wildman–Crippen MR) is 87.1 cm³/mol. The number of nitrogens with one attached hydrogen (secondary N) is 1. The van der Waals surface area contributed by atoms with E-state index in [1.54, 1.807) is 6.07 Å². The summed E-state index contributed by atoms with van der Waals surface area (Å²) in [6.45, 7) is 3.70. The molecule has 110 valence electrons. The molecule has 0 heterocycles. The van der Waals surface area contributed by atoms with Gasteiger partial charge in [-0.05, 0) is 46.1 Å². The Balaban J connectivity index is 2.03. The summed E-state index contributed by atoms with van der Waals surface area (Å²) in [6, 6.07) is 15.4. The maximum Gasteiger partial charge on any atom is 0.252 e. The highest BCUT2D eigenvalue weighted by Crippen LogP contribution is 2.16. The molecule has 0 spiro atoms. The molecule has 1 N–H and O–H groups in total. The van der Waals surface area contributed by atoms with Crippen LogP contribution in [-0.2, 0) is 17.9 Å². The van der Waals surface area contributed by atoms with Crippen molar-refractivity contribution in [2.24, 2.45) is 0 Å². The molecule has 0 unspecified atom stereocenters. The van der Waals surface area contributed by atoms with E-state index in [-0.39, 0.29) is 5.91 Å². The fourth-order valence-electron chi connectivity index (χ4n) is 2.00. The lowest BCUT2D eigenvalue weighted by Crippen LogP contribution is -2.23. The molecule has 2 aromatic rings. The van der Waals surface area contributed by atoms with Gasteiger partial charge in [-0.3, -0.25) is 4.79 Å². The smallest absolute Gasteiger partial charge is 0.252 e. The van der Waals surface area contributed by atoms with Gasteiger partial charge in [0.05, 0.1) is 12.2 Å². The number of hydrogen-bond donors (Lipinski definition) is 1. The Labute approximate surface area is 133 Å². The van der Waals surface area contributed by atoms with Crippen molar-refractivity contribution in [3.05, 3.63) is 69.7 Å². The second-order valence-electron chi connectivity index (χ2n) is 4.57. The number of ether oxygens (including phenoxy) is 1. The molecular weight excluding hydrogens is 330 g/mol. The monoisotopic (exact) mass is 347 g/mol. The van der Waals surface area contributed by atoms with E-state index in [0.29, 0.717) is 25.3 Å². The Bertz CT molecular complexity index is 613. The van der Waals surface area contributed by atoms with Gasteiger partial charge in [-0.25, -0.2) is 0 Å². The molecule has 0 radical (unpaired) electrons. The summed E-state index contributed by atoms with van der Waals surface area (Å²) < 4.78 is 6.25. The van der Waals surface area contributed by atoms with Crippen molar-refractivity contribution in [2.45, 2.75) is 20.1 Å². The Morgan fingerprint density at radius 1 is 1.10 bits per heavy atom. The van der Waals surface area contributed by atoms with Crippen molar-refractivity contribution in [1.29, 1.82) is 0 Å². The number of carbonyl (C=O) groups excluding carboxylic acids is 1. The maximum atomic E-state index is 12.2. The standard InChI is InChI=1S/C17H18BrNO2/c1-2-21-12-14-8-4-3-7-13(14)11-19-17(20)15-9-5-6-10-16(15)18/h3-10H,2,11-12H2,1H3,(H,19,20). The largest absolute Gasteiger partial charge is 0.377 e. The summed E-state index contributed by atoms with van der Waals surface area (Å²) in [5.74, 6) is -0.0892. The minimum atomic E-state index is -0.0892. The summed E-state index contributed by atoms with van der Waals surface area (Å²) in [4.78, 5) is 12.2. The minimum absolute atomic E-state index is 0.0892. The van der Waals surface area contributed by atoms with Crippen molar-refractivity contribution < 1.29 is 9.53 Å². The first kappa shape index (κ1) is 15.7. The average Bonchev–Trinajstić information content (AvgIpc) is 2.52. The van der Waals surface area contributed by atoms with Crippen molar-refractivity contribution >= 4 is 21.8 Å². The number of carbonyl (C=O) groups is 1. The first-order valence-electron chi connectivity index (χ1n) is 6.89. The van der Waals surface area contributed by atoms with Crippen molar-refractivity contribution in [3.8, 4) is 0 Å². The van der Waals surface area contributed by atoms with Gasteiger partial charge >= 0.3 is 0 Å². The molecule has 0 aliphatic heterocycles. The molecule has 1 amide bonds. The number of rotatable bonds is 6. The summed E-state index contributed by atoms with van der Waals surface area (Å²) in [5.41, 5.74) is 2.82. The van der Waals surface area contributed by atoms with Crippen molar-refractivity contribution in [3.63, 3.8) is 0 Å². The third-order valence-corrected chi connectivity index (χ3v) is 3.83. The van der Waals surface area contributed by atoms with Gasteiger partial charge < -0.3 is 10.1 Å². The van der Waals surface area contributed by atoms with Gasteiger partial charge in [-0.15, -0.1) is 0 Å². The van der Waals surface area contributed by atoms with Crippen LogP contribution in [0.25, 0.3) is 0 Å². The van der Waals surface area contributed by atoms with Crippen LogP contribution in [0.3, 0.4) is 0 Å². The zero-order valence-corrected chi connectivity index (χ0v) is 13.5. The Kier molecular flexibility index (Phi) is 5.96. The van der Waals surface area contributed by atoms with E-state index in [2.05, 4.69) is 21.2 Å². The summed E-state index contributed by atoms with van der Waals surface area (Å²) in [7, 11) is 0. The Hall–Kier alpha value is -1.65. The van der Waals surface area contributed by atoms with Gasteiger partial charge in [-0.2, -0.15) is 0 Å². The van der Waals surface area contributed by atoms with Crippen LogP contribution < -0.4 is 5.32 Å². The van der Waals surface area contributed by atoms with Gasteiger partial charge in [0.25, 0.3) is 5.91 Å². The number of hydrogen-bond acceptors (Lipinski definition) is 2. The highest BCUT2D eigenvalue weighted by Gasteiger charge is 2.09. The van der Waals surface area contributed by atoms with E-state index in [1.165, 1.54) is 0 Å². The van der Waals surface area contributed by atoms with E-state index in [9.17, 15) is 4.79 Å². The highest BCUT2D eigenvalue weighted by atomic mass is 79.9. The first-order valence-corrected chi connectivity index (χ1v) is 7.69. The normalized spacial score (nSPS) is 10.4. The molecule has 0 saturated heterocycles. The van der Waals surface area contributed by atoms with Crippen LogP contribution in [0.1, 0.15) is 28.4 Å². The van der Waals surface area contributed by atoms with Crippen LogP contribution in [0.5, 0.6) is 0 Å². The molecule has 0 aromatic heterocycles. The quantitative estimate of drug-likeness (QED) is 0.859. The van der Waals surface area contributed by atoms with E-state index < -0.39 is 0 Å². The van der Waals surface area contributed by atoms with E-state index in [4.69, 9.17) is 4.74 Å². The van der Waals surface area contributed by atoms with Crippen LogP contribution >= 0.6 is 15.9 Å². The van der Waals surface area contributed by atoms with Crippen LogP contribution in [-0.4, -0.2) is 12.5 Å². The SMILES string of the molecule is CCOCc1ccccc1CNC(=O)c1ccccc1Br. The number of halogens is 1. The molecule has 2 aromatic carbocycles. The molecular formula is C17H18BrNO2. The lowest BCUT2D eigenvalue weighted by molar-refractivity contribution is 0.0949. The van der Waals surface area contributed by atoms with Crippen molar-refractivity contribution in [1.82, 2.24) is 5.32 Å². The van der Waals surface area contributed by atoms with Gasteiger partial charge in [0.2, 0.25) is 0 Å². The average molecular weight is 348 g/mol. The molecule has 0 aliphatic carbocycles. The van der Waals surface area contributed by atoms with Gasteiger partial charge in [0, 0.05) is 17.6 Å². The molecule has 4 heteroatoms. The molecule has 0 saturated carbocycles. The molecule has 2 rings (SSSR count). The summed E-state index contributed by atoms with van der Waals surface area (Å²) in [6.07, 6.45) is 0. The van der Waals surface area contributed by atoms with Crippen molar-refractivity contribution in [2.75, 3.05) is 6.61 Å². The zero-order chi connectivity index (χ0) is 15.1. The third-order valence-electron chi connectivity index (χ3n) is 3.14. The van der Waals surface area contributed by atoms with Gasteiger partial charge in [0.15, 0.2) is 0 Å². The summed E-state index contributed by atoms with van der Waals surface area (Å²) in [5, 5.41) is 2.95. The van der Waals surface area contributed by atoms with Crippen LogP contribution in [0, 0.1) is 0 Å². The number of benzene rings is 2. The van der Waals surface area contributed by atoms with E-state index >= 15 is 0 Å². The molecule has 0 atom stereocenters. The zero-order valence-electron chi connectivity index (χ0n) is 11.9. The number of amides is 1. The fraction of sp³-hybridized carbons (Fsp3) is 0.235. The third kappa shape index (κ3) is 4.41. The molecule has 0 fully saturated rings. The van der Waals surface area contributed by atoms with E-state index in [1.807, 2.05) is 49.4 Å². The fourth-order valence-corrected chi connectivity index (χ4v) is 2.46. The summed E-state index contributed by atoms with van der Waals surface area (Å²) >= 11 is 3.39. The molecule has 0 bridgehead atoms. The van der Waals surface area contributed by atoms with Gasteiger partial charge in [0.1, 0.15) is 0 Å². The van der Waals surface area contributed by atoms with E-state index in [0.717, 1.165) is 15.6 Å².